The van der Waals surface area contributed by atoms with Crippen LogP contribution in [-0.2, 0) is 10.8 Å². The summed E-state index contributed by atoms with van der Waals surface area (Å²) in [6.07, 6.45) is 4.48. The lowest BCUT2D eigenvalue weighted by molar-refractivity contribution is 0.688. The fraction of sp³-hybridized carbons (Fsp3) is 0.333. The van der Waals surface area contributed by atoms with Crippen molar-refractivity contribution in [2.24, 2.45) is 0 Å². The Hall–Kier alpha value is -1.87. The molecule has 0 saturated heterocycles. The van der Waals surface area contributed by atoms with Crippen molar-refractivity contribution in [2.45, 2.75) is 37.5 Å². The molecule has 1 unspecified atom stereocenters. The Morgan fingerprint density at radius 2 is 1.67 bits per heavy atom. The normalized spacial score (nSPS) is 12.9. The molecule has 0 bridgehead atoms. The second kappa shape index (κ2) is 9.43. The van der Waals surface area contributed by atoms with Gasteiger partial charge in [-0.05, 0) is 36.1 Å². The standard InChI is InChI=1S/C21H27NOS/c1-4-5-7-14-19(18-12-8-6-9-13-18)17-24(23)21-16-11-10-15-20(21)22(2)3/h6,8-13,15-17H,4-5,7,14H2,1-3H3/b19-17+. The Labute approximate surface area is 148 Å². The van der Waals surface area contributed by atoms with Gasteiger partial charge in [0.25, 0.3) is 0 Å². The summed E-state index contributed by atoms with van der Waals surface area (Å²) in [5, 5.41) is 1.94. The maximum absolute atomic E-state index is 13.0. The molecule has 0 amide bonds. The van der Waals surface area contributed by atoms with Gasteiger partial charge in [-0.1, -0.05) is 62.2 Å². The number of allylic oxidation sites excluding steroid dienone is 1. The maximum Gasteiger partial charge on any atom is 0.0800 e. The summed E-state index contributed by atoms with van der Waals surface area (Å²) in [6, 6.07) is 18.2. The second-order valence-corrected chi connectivity index (χ2v) is 7.40. The molecule has 0 spiro atoms. The highest BCUT2D eigenvalue weighted by atomic mass is 32.2. The van der Waals surface area contributed by atoms with Crippen molar-refractivity contribution in [3.63, 3.8) is 0 Å². The molecule has 0 fully saturated rings. The molecule has 0 heterocycles. The van der Waals surface area contributed by atoms with E-state index in [-0.39, 0.29) is 0 Å². The number of anilines is 1. The summed E-state index contributed by atoms with van der Waals surface area (Å²) >= 11 is 0. The molecule has 2 aromatic carbocycles. The van der Waals surface area contributed by atoms with Crippen LogP contribution in [0.5, 0.6) is 0 Å². The average Bonchev–Trinajstić information content (AvgIpc) is 2.61. The molecular weight excluding hydrogens is 314 g/mol. The SMILES string of the molecule is CCCCC/C(=C\S(=O)c1ccccc1N(C)C)c1ccccc1. The van der Waals surface area contributed by atoms with Crippen LogP contribution >= 0.6 is 0 Å². The van der Waals surface area contributed by atoms with Crippen LogP contribution in [0.2, 0.25) is 0 Å². The van der Waals surface area contributed by atoms with E-state index in [1.54, 1.807) is 0 Å². The van der Waals surface area contributed by atoms with Crippen LogP contribution < -0.4 is 4.90 Å². The fourth-order valence-corrected chi connectivity index (χ4v) is 3.99. The maximum atomic E-state index is 13.0. The molecule has 3 heteroatoms. The third-order valence-corrected chi connectivity index (χ3v) is 5.28. The zero-order chi connectivity index (χ0) is 17.4. The zero-order valence-electron chi connectivity index (χ0n) is 14.9. The number of rotatable bonds is 8. The van der Waals surface area contributed by atoms with Crippen LogP contribution in [0.1, 0.15) is 38.2 Å². The van der Waals surface area contributed by atoms with Crippen LogP contribution in [0.3, 0.4) is 0 Å². The minimum absolute atomic E-state index is 0.867. The largest absolute Gasteiger partial charge is 0.377 e. The minimum Gasteiger partial charge on any atom is -0.377 e. The fourth-order valence-electron chi connectivity index (χ4n) is 2.68. The number of para-hydroxylation sites is 1. The summed E-state index contributed by atoms with van der Waals surface area (Å²) in [5.41, 5.74) is 3.35. The van der Waals surface area contributed by atoms with Gasteiger partial charge in [0.15, 0.2) is 0 Å². The third kappa shape index (κ3) is 5.07. The van der Waals surface area contributed by atoms with Gasteiger partial charge in [-0.3, -0.25) is 0 Å². The average molecular weight is 342 g/mol. The third-order valence-electron chi connectivity index (χ3n) is 4.01. The summed E-state index contributed by atoms with van der Waals surface area (Å²) < 4.78 is 13.0. The Kier molecular flexibility index (Phi) is 7.26. The van der Waals surface area contributed by atoms with E-state index in [4.69, 9.17) is 0 Å². The van der Waals surface area contributed by atoms with Crippen molar-refractivity contribution in [2.75, 3.05) is 19.0 Å². The Morgan fingerprint density at radius 3 is 2.33 bits per heavy atom. The van der Waals surface area contributed by atoms with Crippen LogP contribution in [0.25, 0.3) is 5.57 Å². The summed E-state index contributed by atoms with van der Waals surface area (Å²) in [5.74, 6) is 0. The molecule has 128 valence electrons. The van der Waals surface area contributed by atoms with Gasteiger partial charge in [0.05, 0.1) is 21.4 Å². The second-order valence-electron chi connectivity index (χ2n) is 6.13. The first-order chi connectivity index (χ1) is 11.6. The zero-order valence-corrected chi connectivity index (χ0v) is 15.7. The molecule has 0 aliphatic rings. The van der Waals surface area contributed by atoms with Gasteiger partial charge in [-0.25, -0.2) is 4.21 Å². The molecule has 2 rings (SSSR count). The number of benzene rings is 2. The van der Waals surface area contributed by atoms with E-state index in [9.17, 15) is 4.21 Å². The van der Waals surface area contributed by atoms with E-state index >= 15 is 0 Å². The summed E-state index contributed by atoms with van der Waals surface area (Å²) in [4.78, 5) is 2.88. The van der Waals surface area contributed by atoms with E-state index in [0.29, 0.717) is 0 Å². The molecule has 0 N–H and O–H groups in total. The smallest absolute Gasteiger partial charge is 0.0800 e. The lowest BCUT2D eigenvalue weighted by atomic mass is 10.0. The lowest BCUT2D eigenvalue weighted by Gasteiger charge is -2.16. The predicted molar refractivity (Wildman–Crippen MR) is 106 cm³/mol. The van der Waals surface area contributed by atoms with Crippen molar-refractivity contribution in [3.05, 3.63) is 65.6 Å². The molecule has 2 aromatic rings. The molecule has 0 aliphatic heterocycles. The highest BCUT2D eigenvalue weighted by Gasteiger charge is 2.11. The molecule has 0 aliphatic carbocycles. The molecule has 24 heavy (non-hydrogen) atoms. The topological polar surface area (TPSA) is 20.3 Å². The van der Waals surface area contributed by atoms with Gasteiger partial charge in [-0.2, -0.15) is 0 Å². The van der Waals surface area contributed by atoms with Gasteiger partial charge < -0.3 is 4.90 Å². The van der Waals surface area contributed by atoms with E-state index in [2.05, 4.69) is 19.1 Å². The lowest BCUT2D eigenvalue weighted by Crippen LogP contribution is -2.11. The minimum atomic E-state index is -1.16. The number of nitrogens with zero attached hydrogens (tertiary/aromatic N) is 1. The van der Waals surface area contributed by atoms with Crippen molar-refractivity contribution in [1.29, 1.82) is 0 Å². The first-order valence-corrected chi connectivity index (χ1v) is 9.77. The van der Waals surface area contributed by atoms with Crippen molar-refractivity contribution in [3.8, 4) is 0 Å². The molecule has 1 atom stereocenters. The highest BCUT2D eigenvalue weighted by molar-refractivity contribution is 7.88. The molecule has 0 aromatic heterocycles. The number of hydrogen-bond donors (Lipinski definition) is 0. The van der Waals surface area contributed by atoms with Crippen LogP contribution in [0, 0.1) is 0 Å². The van der Waals surface area contributed by atoms with Crippen molar-refractivity contribution >= 4 is 22.1 Å². The van der Waals surface area contributed by atoms with E-state index in [1.165, 1.54) is 24.0 Å². The summed E-state index contributed by atoms with van der Waals surface area (Å²) in [6.45, 7) is 2.21. The van der Waals surface area contributed by atoms with Gasteiger partial charge in [0.2, 0.25) is 0 Å². The van der Waals surface area contributed by atoms with Gasteiger partial charge in [-0.15, -0.1) is 0 Å². The van der Waals surface area contributed by atoms with Gasteiger partial charge >= 0.3 is 0 Å². The van der Waals surface area contributed by atoms with Crippen molar-refractivity contribution in [1.82, 2.24) is 0 Å². The van der Waals surface area contributed by atoms with Gasteiger partial charge in [0, 0.05) is 19.5 Å². The first kappa shape index (κ1) is 18.5. The highest BCUT2D eigenvalue weighted by Crippen LogP contribution is 2.27. The van der Waals surface area contributed by atoms with Crippen LogP contribution in [0.4, 0.5) is 5.69 Å². The van der Waals surface area contributed by atoms with Crippen LogP contribution in [0.15, 0.2) is 64.9 Å². The first-order valence-electron chi connectivity index (χ1n) is 8.56. The van der Waals surface area contributed by atoms with E-state index in [0.717, 1.165) is 23.4 Å². The van der Waals surface area contributed by atoms with Crippen LogP contribution in [-0.4, -0.2) is 18.3 Å². The number of hydrogen-bond acceptors (Lipinski definition) is 2. The molecule has 0 saturated carbocycles. The number of unbranched alkanes of at least 4 members (excludes halogenated alkanes) is 2. The van der Waals surface area contributed by atoms with E-state index < -0.39 is 10.8 Å². The molecule has 2 nitrogen and oxygen atoms in total. The summed E-state index contributed by atoms with van der Waals surface area (Å²) in [7, 11) is 2.82. The molecule has 0 radical (unpaired) electrons. The molecular formula is C21H27NOS. The van der Waals surface area contributed by atoms with Gasteiger partial charge in [0.1, 0.15) is 0 Å². The van der Waals surface area contributed by atoms with E-state index in [1.807, 2.05) is 66.9 Å². The monoisotopic (exact) mass is 341 g/mol. The Morgan fingerprint density at radius 1 is 1.00 bits per heavy atom. The predicted octanol–water partition coefficient (Wildman–Crippen LogP) is 5.48. The Balaban J connectivity index is 2.33. The Bertz CT molecular complexity index is 692. The quantitative estimate of drug-likeness (QED) is 0.592. The van der Waals surface area contributed by atoms with Crippen molar-refractivity contribution < 1.29 is 4.21 Å².